The van der Waals surface area contributed by atoms with Gasteiger partial charge in [-0.25, -0.2) is 9.48 Å². The Morgan fingerprint density at radius 3 is 3.18 bits per heavy atom. The molecule has 0 bridgehead atoms. The van der Waals surface area contributed by atoms with Crippen LogP contribution in [0.15, 0.2) is 4.79 Å². The normalized spacial score (nSPS) is 24.6. The highest BCUT2D eigenvalue weighted by atomic mass is 16.5. The van der Waals surface area contributed by atoms with E-state index in [4.69, 9.17) is 4.74 Å². The summed E-state index contributed by atoms with van der Waals surface area (Å²) in [5.74, 6) is 0.844. The van der Waals surface area contributed by atoms with Gasteiger partial charge in [0.15, 0.2) is 0 Å². The number of hydrogen-bond donors (Lipinski definition) is 1. The highest BCUT2D eigenvalue weighted by Gasteiger charge is 2.20. The van der Waals surface area contributed by atoms with Crippen LogP contribution in [0.25, 0.3) is 0 Å². The first-order chi connectivity index (χ1) is 8.34. The molecule has 0 spiro atoms. The summed E-state index contributed by atoms with van der Waals surface area (Å²) < 4.78 is 8.98. The van der Waals surface area contributed by atoms with E-state index in [1.54, 1.807) is 9.25 Å². The van der Waals surface area contributed by atoms with E-state index in [0.29, 0.717) is 13.1 Å². The number of nitrogens with one attached hydrogen (secondary N) is 1. The zero-order chi connectivity index (χ0) is 11.7. The van der Waals surface area contributed by atoms with E-state index < -0.39 is 0 Å². The Labute approximate surface area is 99.6 Å². The molecule has 1 unspecified atom stereocenters. The van der Waals surface area contributed by atoms with Crippen LogP contribution in [0.5, 0.6) is 0 Å². The maximum atomic E-state index is 12.1. The molecule has 1 aromatic heterocycles. The summed E-state index contributed by atoms with van der Waals surface area (Å²) in [5, 5.41) is 7.59. The summed E-state index contributed by atoms with van der Waals surface area (Å²) in [6.07, 6.45) is 3.52. The van der Waals surface area contributed by atoms with E-state index in [-0.39, 0.29) is 11.8 Å². The van der Waals surface area contributed by atoms with E-state index in [9.17, 15) is 4.79 Å². The Morgan fingerprint density at radius 1 is 1.47 bits per heavy atom. The number of fused-ring (bicyclic) bond motifs is 1. The van der Waals surface area contributed by atoms with E-state index >= 15 is 0 Å². The fraction of sp³-hybridized carbons (Fsp3) is 0.818. The molecule has 0 aromatic carbocycles. The maximum Gasteiger partial charge on any atom is 0.346 e. The maximum absolute atomic E-state index is 12.1. The first-order valence-corrected chi connectivity index (χ1v) is 6.33. The highest BCUT2D eigenvalue weighted by molar-refractivity contribution is 4.91. The summed E-state index contributed by atoms with van der Waals surface area (Å²) in [7, 11) is 0. The van der Waals surface area contributed by atoms with E-state index in [0.717, 1.165) is 38.4 Å². The van der Waals surface area contributed by atoms with E-state index in [1.807, 2.05) is 0 Å². The van der Waals surface area contributed by atoms with Crippen LogP contribution in [0.2, 0.25) is 0 Å². The van der Waals surface area contributed by atoms with Crippen molar-refractivity contribution in [2.45, 2.75) is 45.0 Å². The molecular formula is C11H18N4O2. The van der Waals surface area contributed by atoms with Crippen molar-refractivity contribution in [3.05, 3.63) is 16.3 Å². The number of hydrogen-bond acceptors (Lipinski definition) is 4. The molecule has 1 N–H and O–H groups in total. The van der Waals surface area contributed by atoms with Gasteiger partial charge >= 0.3 is 5.69 Å². The largest absolute Gasteiger partial charge is 0.376 e. The monoisotopic (exact) mass is 238 g/mol. The Balaban J connectivity index is 1.78. The van der Waals surface area contributed by atoms with Crippen molar-refractivity contribution in [2.24, 2.45) is 0 Å². The van der Waals surface area contributed by atoms with Crippen LogP contribution < -0.4 is 11.0 Å². The quantitative estimate of drug-likeness (QED) is 0.769. The van der Waals surface area contributed by atoms with Crippen molar-refractivity contribution in [3.63, 3.8) is 0 Å². The lowest BCUT2D eigenvalue weighted by Gasteiger charge is -2.21. The number of rotatable bonds is 2. The van der Waals surface area contributed by atoms with E-state index in [2.05, 4.69) is 10.4 Å². The predicted octanol–water partition coefficient (Wildman–Crippen LogP) is -0.283. The molecule has 2 aliphatic rings. The van der Waals surface area contributed by atoms with Crippen molar-refractivity contribution in [3.8, 4) is 0 Å². The van der Waals surface area contributed by atoms with Crippen LogP contribution >= 0.6 is 0 Å². The van der Waals surface area contributed by atoms with Crippen molar-refractivity contribution in [1.29, 1.82) is 0 Å². The molecule has 1 aromatic rings. The van der Waals surface area contributed by atoms with Gasteiger partial charge in [0.25, 0.3) is 0 Å². The average Bonchev–Trinajstić information content (AvgIpc) is 2.68. The predicted molar refractivity (Wildman–Crippen MR) is 61.8 cm³/mol. The van der Waals surface area contributed by atoms with Gasteiger partial charge in [-0.2, -0.15) is 5.10 Å². The summed E-state index contributed by atoms with van der Waals surface area (Å²) >= 11 is 0. The lowest BCUT2D eigenvalue weighted by Crippen LogP contribution is -2.35. The van der Waals surface area contributed by atoms with Crippen LogP contribution in [0, 0.1) is 0 Å². The number of nitrogens with zero attached hydrogens (tertiary/aromatic N) is 3. The van der Waals surface area contributed by atoms with Gasteiger partial charge in [0.1, 0.15) is 5.82 Å². The van der Waals surface area contributed by atoms with Gasteiger partial charge in [-0.1, -0.05) is 0 Å². The Morgan fingerprint density at radius 2 is 2.41 bits per heavy atom. The van der Waals surface area contributed by atoms with E-state index in [1.165, 1.54) is 6.42 Å². The molecule has 17 heavy (non-hydrogen) atoms. The molecule has 1 saturated heterocycles. The SMILES string of the molecule is O=c1n(CC2CCCCO2)nc2n1CCNC2. The fourth-order valence-corrected chi connectivity index (χ4v) is 2.50. The van der Waals surface area contributed by atoms with Crippen LogP contribution in [-0.4, -0.2) is 33.6 Å². The minimum atomic E-state index is 0.00988. The minimum Gasteiger partial charge on any atom is -0.376 e. The Kier molecular flexibility index (Phi) is 2.98. The topological polar surface area (TPSA) is 61.1 Å². The van der Waals surface area contributed by atoms with Crippen LogP contribution in [0.3, 0.4) is 0 Å². The molecule has 0 aliphatic carbocycles. The van der Waals surface area contributed by atoms with Gasteiger partial charge in [0.05, 0.1) is 19.2 Å². The highest BCUT2D eigenvalue weighted by Crippen LogP contribution is 2.13. The van der Waals surface area contributed by atoms with Gasteiger partial charge in [-0.05, 0) is 19.3 Å². The summed E-state index contributed by atoms with van der Waals surface area (Å²) in [6, 6.07) is 0. The Bertz CT molecular complexity index is 445. The zero-order valence-corrected chi connectivity index (χ0v) is 9.89. The third-order valence-corrected chi connectivity index (χ3v) is 3.45. The molecule has 0 radical (unpaired) electrons. The van der Waals surface area contributed by atoms with Crippen molar-refractivity contribution < 1.29 is 4.74 Å². The molecule has 6 nitrogen and oxygen atoms in total. The lowest BCUT2D eigenvalue weighted by molar-refractivity contribution is 0.00326. The van der Waals surface area contributed by atoms with Crippen molar-refractivity contribution in [2.75, 3.05) is 13.2 Å². The fourth-order valence-electron chi connectivity index (χ4n) is 2.50. The number of aromatic nitrogens is 3. The van der Waals surface area contributed by atoms with Crippen molar-refractivity contribution in [1.82, 2.24) is 19.7 Å². The third-order valence-electron chi connectivity index (χ3n) is 3.45. The molecule has 3 rings (SSSR count). The second-order valence-corrected chi connectivity index (χ2v) is 4.70. The summed E-state index contributed by atoms with van der Waals surface area (Å²) in [5.41, 5.74) is 0.00988. The van der Waals surface area contributed by atoms with Crippen molar-refractivity contribution >= 4 is 0 Å². The molecule has 1 atom stereocenters. The summed E-state index contributed by atoms with van der Waals surface area (Å²) in [6.45, 7) is 3.67. The van der Waals surface area contributed by atoms with Gasteiger partial charge in [-0.3, -0.25) is 4.57 Å². The van der Waals surface area contributed by atoms with Gasteiger partial charge in [0, 0.05) is 19.7 Å². The standard InChI is InChI=1S/C11H18N4O2/c16-11-14-5-4-12-7-10(14)13-15(11)8-9-3-1-2-6-17-9/h9,12H,1-8H2. The molecule has 6 heteroatoms. The second-order valence-electron chi connectivity index (χ2n) is 4.70. The van der Waals surface area contributed by atoms with Gasteiger partial charge in [0.2, 0.25) is 0 Å². The molecular weight excluding hydrogens is 220 g/mol. The van der Waals surface area contributed by atoms with Crippen LogP contribution in [-0.2, 0) is 24.4 Å². The molecule has 0 amide bonds. The molecule has 0 saturated carbocycles. The summed E-state index contributed by atoms with van der Waals surface area (Å²) in [4.78, 5) is 12.1. The molecule has 1 fully saturated rings. The lowest BCUT2D eigenvalue weighted by atomic mass is 10.1. The molecule has 2 aliphatic heterocycles. The molecule has 3 heterocycles. The van der Waals surface area contributed by atoms with Gasteiger partial charge < -0.3 is 10.1 Å². The zero-order valence-electron chi connectivity index (χ0n) is 9.89. The Hall–Kier alpha value is -1.14. The first kappa shape index (κ1) is 11.0. The first-order valence-electron chi connectivity index (χ1n) is 6.33. The smallest absolute Gasteiger partial charge is 0.346 e. The van der Waals surface area contributed by atoms with Crippen LogP contribution in [0.1, 0.15) is 25.1 Å². The average molecular weight is 238 g/mol. The minimum absolute atomic E-state index is 0.00988. The molecule has 94 valence electrons. The number of ether oxygens (including phenoxy) is 1. The second kappa shape index (κ2) is 4.62. The van der Waals surface area contributed by atoms with Crippen LogP contribution in [0.4, 0.5) is 0 Å². The van der Waals surface area contributed by atoms with Gasteiger partial charge in [-0.15, -0.1) is 0 Å². The third kappa shape index (κ3) is 2.14.